The molecule has 0 radical (unpaired) electrons. The van der Waals surface area contributed by atoms with E-state index in [0.717, 1.165) is 63.3 Å². The second kappa shape index (κ2) is 15.0. The minimum absolute atomic E-state index is 0.249. The topological polar surface area (TPSA) is 86.2 Å². The number of benzene rings is 4. The van der Waals surface area contributed by atoms with Crippen LogP contribution in [0.5, 0.6) is 0 Å². The Balaban J connectivity index is 1.14. The normalized spacial score (nSPS) is 29.2. The smallest absolute Gasteiger partial charge is 0.164 e. The number of rotatable bonds is 7. The van der Waals surface area contributed by atoms with Gasteiger partial charge >= 0.3 is 0 Å². The molecule has 5 nitrogen and oxygen atoms in total. The van der Waals surface area contributed by atoms with Crippen LogP contribution in [0.2, 0.25) is 0 Å². The lowest BCUT2D eigenvalue weighted by Crippen LogP contribution is -2.42. The minimum atomic E-state index is 0.249. The summed E-state index contributed by atoms with van der Waals surface area (Å²) < 4.78 is 0. The number of hydrogen-bond donors (Lipinski definition) is 0. The van der Waals surface area contributed by atoms with Crippen molar-refractivity contribution in [3.05, 3.63) is 113 Å². The summed E-state index contributed by atoms with van der Waals surface area (Å²) in [4.78, 5) is 15.6. The van der Waals surface area contributed by atoms with Crippen molar-refractivity contribution in [2.75, 3.05) is 0 Å². The van der Waals surface area contributed by atoms with Crippen LogP contribution in [0.1, 0.15) is 121 Å². The summed E-state index contributed by atoms with van der Waals surface area (Å²) in [5, 5.41) is 19.7. The fraction of sp³-hybridized carbons (Fsp3) is 0.442. The van der Waals surface area contributed by atoms with Crippen LogP contribution in [0, 0.1) is 58.2 Å². The Morgan fingerprint density at radius 1 is 0.544 bits per heavy atom. The van der Waals surface area contributed by atoms with Crippen molar-refractivity contribution in [2.24, 2.45) is 35.5 Å². The molecule has 4 aromatic carbocycles. The lowest BCUT2D eigenvalue weighted by molar-refractivity contribution is 0.0702. The molecule has 0 saturated heterocycles. The van der Waals surface area contributed by atoms with Crippen LogP contribution >= 0.6 is 0 Å². The highest BCUT2D eigenvalue weighted by molar-refractivity contribution is 5.84. The molecule has 4 saturated carbocycles. The molecule has 57 heavy (non-hydrogen) atoms. The van der Waals surface area contributed by atoms with Crippen molar-refractivity contribution in [3.8, 4) is 57.4 Å². The predicted molar refractivity (Wildman–Crippen MR) is 229 cm³/mol. The average molecular weight is 750 g/mol. The fourth-order valence-electron chi connectivity index (χ4n) is 12.8. The van der Waals surface area contributed by atoms with Gasteiger partial charge in [0.15, 0.2) is 17.5 Å². The zero-order valence-electron chi connectivity index (χ0n) is 34.1. The summed E-state index contributed by atoms with van der Waals surface area (Å²) >= 11 is 0. The molecule has 4 unspecified atom stereocenters. The van der Waals surface area contributed by atoms with Gasteiger partial charge in [0.25, 0.3) is 0 Å². The van der Waals surface area contributed by atoms with Gasteiger partial charge in [0.1, 0.15) is 0 Å². The van der Waals surface area contributed by atoms with E-state index in [1.165, 1.54) is 81.8 Å². The summed E-state index contributed by atoms with van der Waals surface area (Å²) in [6, 6.07) is 36.2. The van der Waals surface area contributed by atoms with Crippen LogP contribution in [0.25, 0.3) is 45.3 Å². The average Bonchev–Trinajstić information content (AvgIpc) is 3.22. The lowest BCUT2D eigenvalue weighted by atomic mass is 9.54. The highest BCUT2D eigenvalue weighted by Gasteiger charge is 2.46. The summed E-state index contributed by atoms with van der Waals surface area (Å²) in [5.74, 6) is 6.57. The summed E-state index contributed by atoms with van der Waals surface area (Å²) in [6.07, 6.45) is 14.4. The first kappa shape index (κ1) is 37.4. The predicted octanol–water partition coefficient (Wildman–Crippen LogP) is 12.9. The van der Waals surface area contributed by atoms with E-state index in [-0.39, 0.29) is 10.8 Å². The Hall–Kier alpha value is -5.13. The van der Waals surface area contributed by atoms with E-state index in [4.69, 9.17) is 15.0 Å². The Labute approximate surface area is 339 Å². The Kier molecular flexibility index (Phi) is 9.85. The fourth-order valence-corrected chi connectivity index (χ4v) is 12.8. The molecule has 1 heterocycles. The number of aromatic nitrogens is 3. The van der Waals surface area contributed by atoms with E-state index in [1.807, 2.05) is 30.3 Å². The van der Waals surface area contributed by atoms with E-state index in [9.17, 15) is 10.5 Å². The van der Waals surface area contributed by atoms with Gasteiger partial charge in [-0.2, -0.15) is 10.5 Å². The molecule has 4 fully saturated rings. The Morgan fingerprint density at radius 2 is 1.05 bits per heavy atom. The lowest BCUT2D eigenvalue weighted by Gasteiger charge is -2.51. The van der Waals surface area contributed by atoms with Gasteiger partial charge in [-0.25, -0.2) is 15.0 Å². The molecular weight excluding hydrogens is 695 g/mol. The molecule has 4 bridgehead atoms. The zero-order valence-corrected chi connectivity index (χ0v) is 34.1. The van der Waals surface area contributed by atoms with Crippen LogP contribution in [0.15, 0.2) is 91.0 Å². The number of nitrogens with zero attached hydrogens (tertiary/aromatic N) is 5. The maximum Gasteiger partial charge on any atom is 0.164 e. The Bertz CT molecular complexity index is 2340. The highest BCUT2D eigenvalue weighted by atomic mass is 15.0. The maximum atomic E-state index is 10.2. The van der Waals surface area contributed by atoms with E-state index in [0.29, 0.717) is 28.6 Å². The molecule has 0 aliphatic heterocycles. The van der Waals surface area contributed by atoms with Crippen LogP contribution in [0.4, 0.5) is 0 Å². The van der Waals surface area contributed by atoms with Gasteiger partial charge < -0.3 is 0 Å². The first-order valence-corrected chi connectivity index (χ1v) is 21.7. The summed E-state index contributed by atoms with van der Waals surface area (Å²) in [5.41, 5.74) is 8.71. The van der Waals surface area contributed by atoms with Crippen molar-refractivity contribution in [2.45, 2.75) is 109 Å². The molecule has 0 spiro atoms. The molecule has 288 valence electrons. The summed E-state index contributed by atoms with van der Waals surface area (Å²) in [7, 11) is 0. The van der Waals surface area contributed by atoms with Gasteiger partial charge in [-0.05, 0) is 139 Å². The number of fused-ring (bicyclic) bond motifs is 4. The standard InChI is InChI=1S/C52H55N5/c1-5-36-23-39-22-35(4)27-52(28-36,30-39)44-17-13-41(14-18-44)49-55-48(40-11-15-43(16-12-40)51-25-33(2)20-38(29-51)21-34(3)26-51)56-50(57-49)47-9-7-6-8-46(47)45-19-10-37(31-53)24-42(45)32-54/h6-19,24,33-36,38-39H,5,20-23,25-30H2,1-4H3/t33-,34?,35+,36-,38?,39+,51?,52?/m0/s1. The third kappa shape index (κ3) is 7.09. The van der Waals surface area contributed by atoms with Gasteiger partial charge in [0, 0.05) is 22.3 Å². The van der Waals surface area contributed by atoms with Crippen molar-refractivity contribution in [3.63, 3.8) is 0 Å². The van der Waals surface area contributed by atoms with Crippen LogP contribution in [-0.2, 0) is 10.8 Å². The minimum Gasteiger partial charge on any atom is -0.208 e. The van der Waals surface area contributed by atoms with Crippen molar-refractivity contribution in [1.29, 1.82) is 10.5 Å². The van der Waals surface area contributed by atoms with E-state index in [2.05, 4.69) is 88.4 Å². The second-order valence-electron chi connectivity index (χ2n) is 19.0. The van der Waals surface area contributed by atoms with E-state index in [1.54, 1.807) is 12.1 Å². The van der Waals surface area contributed by atoms with Crippen molar-refractivity contribution in [1.82, 2.24) is 15.0 Å². The van der Waals surface area contributed by atoms with Crippen LogP contribution in [-0.4, -0.2) is 15.0 Å². The number of nitriles is 2. The molecule has 0 N–H and O–H groups in total. The molecule has 8 atom stereocenters. The maximum absolute atomic E-state index is 10.2. The molecular formula is C52H55N5. The zero-order chi connectivity index (χ0) is 39.3. The molecule has 5 heteroatoms. The monoisotopic (exact) mass is 749 g/mol. The third-order valence-corrected chi connectivity index (χ3v) is 14.6. The molecule has 9 rings (SSSR count). The van der Waals surface area contributed by atoms with Crippen molar-refractivity contribution < 1.29 is 0 Å². The highest BCUT2D eigenvalue weighted by Crippen LogP contribution is 2.56. The van der Waals surface area contributed by atoms with Crippen molar-refractivity contribution >= 4 is 0 Å². The molecule has 4 aliphatic rings. The Morgan fingerprint density at radius 3 is 1.58 bits per heavy atom. The van der Waals surface area contributed by atoms with Crippen LogP contribution in [0.3, 0.4) is 0 Å². The number of hydrogen-bond acceptors (Lipinski definition) is 5. The summed E-state index contributed by atoms with van der Waals surface area (Å²) in [6.45, 7) is 9.73. The molecule has 4 aliphatic carbocycles. The third-order valence-electron chi connectivity index (χ3n) is 14.6. The molecule has 1 aromatic heterocycles. The molecule has 0 amide bonds. The second-order valence-corrected chi connectivity index (χ2v) is 19.0. The van der Waals surface area contributed by atoms with Crippen LogP contribution < -0.4 is 0 Å². The van der Waals surface area contributed by atoms with Gasteiger partial charge in [-0.15, -0.1) is 0 Å². The quantitative estimate of drug-likeness (QED) is 0.165. The first-order chi connectivity index (χ1) is 27.7. The first-order valence-electron chi connectivity index (χ1n) is 21.7. The van der Waals surface area contributed by atoms with Gasteiger partial charge in [0.2, 0.25) is 0 Å². The largest absolute Gasteiger partial charge is 0.208 e. The SMILES string of the molecule is CC[C@H]1C[C@H]2C[C@@H](C)CC(c3ccc(-c4nc(-c5ccc(C67CC(C)CC(C[C@H](C)C6)C7)cc5)nc(-c5ccccc5-c5ccc(C#N)cc5C#N)n4)cc3)(C2)C1. The van der Waals surface area contributed by atoms with E-state index < -0.39 is 0 Å². The van der Waals surface area contributed by atoms with E-state index >= 15 is 0 Å². The molecule has 5 aromatic rings. The van der Waals surface area contributed by atoms with Gasteiger partial charge in [-0.3, -0.25) is 0 Å². The van der Waals surface area contributed by atoms with Gasteiger partial charge in [-0.1, -0.05) is 113 Å². The van der Waals surface area contributed by atoms with Gasteiger partial charge in [0.05, 0.1) is 23.3 Å².